The van der Waals surface area contributed by atoms with Crippen LogP contribution < -0.4 is 11.5 Å². The Labute approximate surface area is 98.0 Å². The zero-order chi connectivity index (χ0) is 11.6. The van der Waals surface area contributed by atoms with E-state index < -0.39 is 17.4 Å². The van der Waals surface area contributed by atoms with Crippen molar-refractivity contribution in [2.24, 2.45) is 11.5 Å². The zero-order valence-electron chi connectivity index (χ0n) is 10.1. The van der Waals surface area contributed by atoms with Crippen LogP contribution in [0.15, 0.2) is 0 Å². The summed E-state index contributed by atoms with van der Waals surface area (Å²) in [6, 6.07) is 0. The molecular formula is C10H26N2O2Ti. The van der Waals surface area contributed by atoms with E-state index in [0.717, 1.165) is 42.1 Å². The monoisotopic (exact) mass is 254 g/mol. The topological polar surface area (TPSA) is 70.5 Å². The van der Waals surface area contributed by atoms with E-state index in [1.807, 2.05) is 13.8 Å². The van der Waals surface area contributed by atoms with Gasteiger partial charge >= 0.3 is 97.9 Å². The van der Waals surface area contributed by atoms with Gasteiger partial charge in [-0.05, 0) is 0 Å². The molecule has 4 N–H and O–H groups in total. The Morgan fingerprint density at radius 2 is 1.47 bits per heavy atom. The molecule has 0 bridgehead atoms. The molecule has 0 spiro atoms. The van der Waals surface area contributed by atoms with Gasteiger partial charge in [-0.2, -0.15) is 0 Å². The molecule has 0 aromatic rings. The van der Waals surface area contributed by atoms with Gasteiger partial charge in [0.15, 0.2) is 0 Å². The fourth-order valence-corrected chi connectivity index (χ4v) is 6.72. The number of hydrogen-bond acceptors (Lipinski definition) is 4. The van der Waals surface area contributed by atoms with Crippen molar-refractivity contribution in [2.45, 2.75) is 36.1 Å². The Balaban J connectivity index is 4.18. The van der Waals surface area contributed by atoms with E-state index in [0.29, 0.717) is 6.54 Å². The van der Waals surface area contributed by atoms with Gasteiger partial charge in [0.1, 0.15) is 0 Å². The predicted octanol–water partition coefficient (Wildman–Crippen LogP) is 1.58. The third-order valence-corrected chi connectivity index (χ3v) is 8.28. The molecule has 0 saturated carbocycles. The van der Waals surface area contributed by atoms with E-state index in [4.69, 9.17) is 18.1 Å². The SMILES string of the molecule is CC[O][Ti]([CH2]CN)([CH2]CCCN)[O]CC. The first kappa shape index (κ1) is 15.6. The standard InChI is InChI=1S/C4H10N.C2H6N.2C2H5O.Ti/c1-2-3-4-5;3*1-2-3;/h1-5H2;1-3H2;2*2H2,1H3;/q;;2*-1;+2. The second-order valence-corrected chi connectivity index (χ2v) is 8.87. The van der Waals surface area contributed by atoms with Crippen LogP contribution in [0.3, 0.4) is 0 Å². The summed E-state index contributed by atoms with van der Waals surface area (Å²) in [5.41, 5.74) is 11.1. The zero-order valence-corrected chi connectivity index (χ0v) is 11.7. The molecule has 4 nitrogen and oxygen atoms in total. The Hall–Kier alpha value is 0.554. The number of unbranched alkanes of at least 4 members (excludes halogenated alkanes) is 1. The summed E-state index contributed by atoms with van der Waals surface area (Å²) in [5.74, 6) is 0. The molecule has 0 fully saturated rings. The van der Waals surface area contributed by atoms with Crippen LogP contribution in [0.1, 0.15) is 26.7 Å². The predicted molar refractivity (Wildman–Crippen MR) is 60.2 cm³/mol. The van der Waals surface area contributed by atoms with Crippen molar-refractivity contribution in [3.8, 4) is 0 Å². The summed E-state index contributed by atoms with van der Waals surface area (Å²) in [4.78, 5) is 0. The molecule has 0 aliphatic rings. The van der Waals surface area contributed by atoms with Crippen molar-refractivity contribution in [1.82, 2.24) is 0 Å². The first-order chi connectivity index (χ1) is 7.24. The molecule has 0 unspecified atom stereocenters. The second-order valence-electron chi connectivity index (χ2n) is 3.56. The van der Waals surface area contributed by atoms with Crippen LogP contribution in [-0.4, -0.2) is 26.3 Å². The van der Waals surface area contributed by atoms with Gasteiger partial charge in [0.25, 0.3) is 0 Å². The summed E-state index contributed by atoms with van der Waals surface area (Å²) in [7, 11) is 0. The third-order valence-electron chi connectivity index (χ3n) is 2.35. The van der Waals surface area contributed by atoms with Crippen LogP contribution in [0.4, 0.5) is 0 Å². The van der Waals surface area contributed by atoms with Gasteiger partial charge in [-0.3, -0.25) is 0 Å². The van der Waals surface area contributed by atoms with Crippen molar-refractivity contribution in [3.05, 3.63) is 0 Å². The van der Waals surface area contributed by atoms with E-state index in [9.17, 15) is 0 Å². The van der Waals surface area contributed by atoms with E-state index in [2.05, 4.69) is 0 Å². The van der Waals surface area contributed by atoms with Crippen LogP contribution in [0.25, 0.3) is 0 Å². The van der Waals surface area contributed by atoms with E-state index >= 15 is 0 Å². The molecule has 15 heavy (non-hydrogen) atoms. The summed E-state index contributed by atoms with van der Waals surface area (Å²) >= 11 is -2.55. The van der Waals surface area contributed by atoms with Crippen LogP contribution in [-0.2, 0) is 24.0 Å². The normalized spacial score (nSPS) is 12.0. The molecule has 0 aromatic heterocycles. The Kier molecular flexibility index (Phi) is 10.1. The molecule has 0 saturated heterocycles. The second kappa shape index (κ2) is 9.76. The van der Waals surface area contributed by atoms with Crippen molar-refractivity contribution in [3.63, 3.8) is 0 Å². The maximum atomic E-state index is 5.90. The molecule has 0 radical (unpaired) electrons. The molecule has 0 heterocycles. The fourth-order valence-electron chi connectivity index (χ4n) is 1.74. The average Bonchev–Trinajstić information content (AvgIpc) is 2.19. The van der Waals surface area contributed by atoms with Crippen molar-refractivity contribution < 1.29 is 24.0 Å². The minimum atomic E-state index is -2.55. The van der Waals surface area contributed by atoms with Crippen molar-refractivity contribution in [1.29, 1.82) is 0 Å². The number of nitrogens with two attached hydrogens (primary N) is 2. The van der Waals surface area contributed by atoms with E-state index in [-0.39, 0.29) is 0 Å². The third kappa shape index (κ3) is 6.66. The maximum absolute atomic E-state index is 5.90. The van der Waals surface area contributed by atoms with Gasteiger partial charge < -0.3 is 0 Å². The van der Waals surface area contributed by atoms with E-state index in [1.54, 1.807) is 0 Å². The van der Waals surface area contributed by atoms with Gasteiger partial charge in [-0.15, -0.1) is 0 Å². The summed E-state index contributed by atoms with van der Waals surface area (Å²) in [6.07, 6.45) is 2.16. The van der Waals surface area contributed by atoms with Crippen LogP contribution >= 0.6 is 0 Å². The molecule has 0 aliphatic carbocycles. The van der Waals surface area contributed by atoms with E-state index in [1.165, 1.54) is 0 Å². The number of rotatable bonds is 10. The fraction of sp³-hybridized carbons (Fsp3) is 1.00. The Bertz CT molecular complexity index is 130. The van der Waals surface area contributed by atoms with Gasteiger partial charge in [0.05, 0.1) is 0 Å². The summed E-state index contributed by atoms with van der Waals surface area (Å²) in [6.45, 7) is 6.95. The number of hydrogen-bond donors (Lipinski definition) is 2. The average molecular weight is 254 g/mol. The van der Waals surface area contributed by atoms with Gasteiger partial charge in [0, 0.05) is 0 Å². The molecular weight excluding hydrogens is 228 g/mol. The van der Waals surface area contributed by atoms with Crippen molar-refractivity contribution >= 4 is 0 Å². The van der Waals surface area contributed by atoms with Crippen LogP contribution in [0.5, 0.6) is 0 Å². The first-order valence-corrected chi connectivity index (χ1v) is 9.41. The van der Waals surface area contributed by atoms with Crippen LogP contribution in [0.2, 0.25) is 9.45 Å². The Morgan fingerprint density at radius 1 is 0.867 bits per heavy atom. The first-order valence-electron chi connectivity index (χ1n) is 5.92. The van der Waals surface area contributed by atoms with Gasteiger partial charge in [-0.1, -0.05) is 0 Å². The quantitative estimate of drug-likeness (QED) is 0.458. The van der Waals surface area contributed by atoms with Gasteiger partial charge in [0.2, 0.25) is 0 Å². The molecule has 0 amide bonds. The van der Waals surface area contributed by atoms with Crippen LogP contribution in [0, 0.1) is 0 Å². The van der Waals surface area contributed by atoms with Gasteiger partial charge in [-0.25, -0.2) is 0 Å². The summed E-state index contributed by atoms with van der Waals surface area (Å²) < 4.78 is 13.8. The molecule has 0 atom stereocenters. The molecule has 0 aliphatic heterocycles. The Morgan fingerprint density at radius 3 is 1.87 bits per heavy atom. The molecule has 0 rings (SSSR count). The minimum absolute atomic E-state index is 0.669. The molecule has 5 heteroatoms. The molecule has 92 valence electrons. The molecule has 0 aromatic carbocycles. The van der Waals surface area contributed by atoms with Crippen molar-refractivity contribution in [2.75, 3.05) is 26.3 Å². The summed E-state index contributed by atoms with van der Waals surface area (Å²) in [5, 5.41) is 0.